The predicted octanol–water partition coefficient (Wildman–Crippen LogP) is 4.86. The molecule has 10 heteroatoms. The van der Waals surface area contributed by atoms with Gasteiger partial charge in [-0.25, -0.2) is 9.82 Å². The van der Waals surface area contributed by atoms with Crippen molar-refractivity contribution in [3.63, 3.8) is 0 Å². The number of hydrogen-bond acceptors (Lipinski definition) is 5. The summed E-state index contributed by atoms with van der Waals surface area (Å²) in [6, 6.07) is 12.5. The van der Waals surface area contributed by atoms with Gasteiger partial charge in [-0.3, -0.25) is 9.59 Å². The van der Waals surface area contributed by atoms with Crippen LogP contribution in [0.15, 0.2) is 59.7 Å². The van der Waals surface area contributed by atoms with Crippen molar-refractivity contribution in [1.29, 1.82) is 0 Å². The fourth-order valence-corrected chi connectivity index (χ4v) is 3.01. The van der Waals surface area contributed by atoms with E-state index in [4.69, 9.17) is 27.9 Å². The number of carbonyl (C=O) groups excluding carboxylic acids is 2. The van der Waals surface area contributed by atoms with Crippen LogP contribution in [0.5, 0.6) is 11.5 Å². The highest BCUT2D eigenvalue weighted by Crippen LogP contribution is 2.39. The Bertz CT molecular complexity index is 1180. The molecule has 3 aromatic carbocycles. The second-order valence-corrected chi connectivity index (χ2v) is 7.16. The molecule has 0 spiro atoms. The minimum absolute atomic E-state index is 0.0456. The van der Waals surface area contributed by atoms with Crippen molar-refractivity contribution in [2.75, 3.05) is 12.4 Å². The minimum atomic E-state index is -0.540. The van der Waals surface area contributed by atoms with Gasteiger partial charge >= 0.3 is 0 Å². The smallest absolute Gasteiger partial charge is 0.271 e. The van der Waals surface area contributed by atoms with E-state index in [2.05, 4.69) is 15.8 Å². The molecule has 32 heavy (non-hydrogen) atoms. The molecule has 3 N–H and O–H groups in total. The van der Waals surface area contributed by atoms with Gasteiger partial charge in [0.1, 0.15) is 5.82 Å². The number of nitrogens with zero attached hydrogens (tertiary/aromatic N) is 1. The number of phenols is 1. The van der Waals surface area contributed by atoms with Crippen molar-refractivity contribution < 1.29 is 23.8 Å². The van der Waals surface area contributed by atoms with Gasteiger partial charge in [0, 0.05) is 22.9 Å². The van der Waals surface area contributed by atoms with Crippen LogP contribution in [0.4, 0.5) is 10.1 Å². The summed E-state index contributed by atoms with van der Waals surface area (Å²) in [5.41, 5.74) is 3.39. The van der Waals surface area contributed by atoms with E-state index >= 15 is 0 Å². The van der Waals surface area contributed by atoms with Crippen LogP contribution >= 0.6 is 23.2 Å². The predicted molar refractivity (Wildman–Crippen MR) is 121 cm³/mol. The highest BCUT2D eigenvalue weighted by Gasteiger charge is 2.15. The number of nitrogens with one attached hydrogen (secondary N) is 2. The summed E-state index contributed by atoms with van der Waals surface area (Å²) in [5, 5.41) is 16.8. The molecule has 0 radical (unpaired) electrons. The van der Waals surface area contributed by atoms with Crippen molar-refractivity contribution in [1.82, 2.24) is 5.43 Å². The molecule has 0 aliphatic heterocycles. The van der Waals surface area contributed by atoms with E-state index in [1.807, 2.05) is 0 Å². The summed E-state index contributed by atoms with van der Waals surface area (Å²) in [6.07, 6.45) is 1.14. The maximum Gasteiger partial charge on any atom is 0.271 e. The number of hydrazone groups is 1. The zero-order valence-electron chi connectivity index (χ0n) is 16.5. The number of rotatable bonds is 6. The largest absolute Gasteiger partial charge is 0.504 e. The van der Waals surface area contributed by atoms with Gasteiger partial charge in [-0.2, -0.15) is 5.10 Å². The summed E-state index contributed by atoms with van der Waals surface area (Å²) < 4.78 is 18.0. The van der Waals surface area contributed by atoms with Crippen LogP contribution in [-0.4, -0.2) is 30.2 Å². The lowest BCUT2D eigenvalue weighted by Gasteiger charge is -2.09. The fourth-order valence-electron chi connectivity index (χ4n) is 2.62. The number of methoxy groups -OCH3 is 1. The first-order chi connectivity index (χ1) is 15.3. The number of hydrogen-bond donors (Lipinski definition) is 3. The molecule has 0 saturated carbocycles. The van der Waals surface area contributed by atoms with Gasteiger partial charge in [-0.05, 0) is 48.5 Å². The molecule has 164 valence electrons. The van der Waals surface area contributed by atoms with Crippen LogP contribution in [0.2, 0.25) is 10.0 Å². The number of aromatic hydroxyl groups is 1. The number of phenolic OH excluding ortho intramolecular Hbond substituents is 1. The maximum atomic E-state index is 13.0. The molecule has 0 aromatic heterocycles. The summed E-state index contributed by atoms with van der Waals surface area (Å²) in [4.78, 5) is 24.5. The first-order valence-electron chi connectivity index (χ1n) is 9.05. The molecule has 2 amide bonds. The average Bonchev–Trinajstić information content (AvgIpc) is 2.79. The fraction of sp³-hybridized carbons (Fsp3) is 0.0455. The van der Waals surface area contributed by atoms with Crippen molar-refractivity contribution in [2.45, 2.75) is 0 Å². The van der Waals surface area contributed by atoms with Gasteiger partial charge in [0.2, 0.25) is 0 Å². The van der Waals surface area contributed by atoms with Crippen LogP contribution in [0.3, 0.4) is 0 Å². The first-order valence-corrected chi connectivity index (χ1v) is 9.81. The van der Waals surface area contributed by atoms with Crippen molar-refractivity contribution >= 4 is 46.9 Å². The maximum absolute atomic E-state index is 13.0. The normalized spacial score (nSPS) is 10.8. The Labute approximate surface area is 192 Å². The lowest BCUT2D eigenvalue weighted by Crippen LogP contribution is -2.18. The number of benzene rings is 3. The second kappa shape index (κ2) is 10.1. The number of halogens is 3. The van der Waals surface area contributed by atoms with E-state index in [1.54, 1.807) is 0 Å². The molecule has 0 saturated heterocycles. The monoisotopic (exact) mass is 475 g/mol. The van der Waals surface area contributed by atoms with Crippen LogP contribution in [0.1, 0.15) is 26.3 Å². The molecule has 3 rings (SSSR count). The highest BCUT2D eigenvalue weighted by atomic mass is 35.5. The Morgan fingerprint density at radius 3 is 2.25 bits per heavy atom. The summed E-state index contributed by atoms with van der Waals surface area (Å²) >= 11 is 12.1. The molecule has 3 aromatic rings. The highest BCUT2D eigenvalue weighted by molar-refractivity contribution is 6.43. The summed E-state index contributed by atoms with van der Waals surface area (Å²) in [7, 11) is 1.35. The molecule has 0 aliphatic rings. The van der Waals surface area contributed by atoms with E-state index in [0.29, 0.717) is 11.3 Å². The number of amides is 2. The van der Waals surface area contributed by atoms with Gasteiger partial charge in [-0.1, -0.05) is 23.2 Å². The van der Waals surface area contributed by atoms with Gasteiger partial charge in [0.25, 0.3) is 11.8 Å². The first kappa shape index (κ1) is 23.1. The molecular weight excluding hydrogens is 460 g/mol. The van der Waals surface area contributed by atoms with Crippen molar-refractivity contribution in [3.8, 4) is 11.5 Å². The van der Waals surface area contributed by atoms with E-state index in [-0.39, 0.29) is 32.7 Å². The SMILES string of the molecule is COc1cc(Cl)c(Cl)c(C=NNC(=O)c2ccc(NC(=O)c3ccc(F)cc3)cc2)c1O. The zero-order chi connectivity index (χ0) is 23.3. The molecule has 0 unspecified atom stereocenters. The zero-order valence-corrected chi connectivity index (χ0v) is 18.0. The second-order valence-electron chi connectivity index (χ2n) is 6.37. The molecule has 0 aliphatic carbocycles. The Kier molecular flexibility index (Phi) is 7.29. The topological polar surface area (TPSA) is 100 Å². The quantitative estimate of drug-likeness (QED) is 0.350. The van der Waals surface area contributed by atoms with Crippen LogP contribution in [0.25, 0.3) is 0 Å². The Balaban J connectivity index is 1.65. The molecule has 0 atom stereocenters. The van der Waals surface area contributed by atoms with E-state index in [1.165, 1.54) is 61.7 Å². The van der Waals surface area contributed by atoms with Gasteiger partial charge in [0.15, 0.2) is 11.5 Å². The molecule has 0 heterocycles. The number of carbonyl (C=O) groups is 2. The Morgan fingerprint density at radius 2 is 1.62 bits per heavy atom. The third kappa shape index (κ3) is 5.35. The van der Waals surface area contributed by atoms with Crippen molar-refractivity contribution in [2.24, 2.45) is 5.10 Å². The number of ether oxygens (including phenoxy) is 1. The van der Waals surface area contributed by atoms with E-state index in [0.717, 1.165) is 6.21 Å². The lowest BCUT2D eigenvalue weighted by molar-refractivity contribution is 0.0954. The van der Waals surface area contributed by atoms with Crippen molar-refractivity contribution in [3.05, 3.63) is 87.2 Å². The minimum Gasteiger partial charge on any atom is -0.504 e. The standard InChI is InChI=1S/C22H16Cl2FN3O4/c1-32-18-10-17(23)19(24)16(20(18)29)11-26-28-22(31)13-4-8-15(9-5-13)27-21(30)12-2-6-14(25)7-3-12/h2-11,29H,1H3,(H,27,30)(H,28,31). The van der Waals surface area contributed by atoms with Crippen LogP contribution < -0.4 is 15.5 Å². The third-order valence-corrected chi connectivity index (χ3v) is 5.09. The van der Waals surface area contributed by atoms with Gasteiger partial charge in [0.05, 0.1) is 28.9 Å². The summed E-state index contributed by atoms with van der Waals surface area (Å²) in [5.74, 6) is -1.57. The lowest BCUT2D eigenvalue weighted by atomic mass is 10.1. The average molecular weight is 476 g/mol. The summed E-state index contributed by atoms with van der Waals surface area (Å²) in [6.45, 7) is 0. The molecule has 0 fully saturated rings. The van der Waals surface area contributed by atoms with E-state index < -0.39 is 17.6 Å². The molecular formula is C22H16Cl2FN3O4. The molecule has 7 nitrogen and oxygen atoms in total. The third-order valence-electron chi connectivity index (χ3n) is 4.28. The van der Waals surface area contributed by atoms with Crippen LogP contribution in [-0.2, 0) is 0 Å². The Morgan fingerprint density at radius 1 is 1.03 bits per heavy atom. The number of anilines is 1. The van der Waals surface area contributed by atoms with Gasteiger partial charge < -0.3 is 15.2 Å². The molecule has 0 bridgehead atoms. The van der Waals surface area contributed by atoms with Crippen LogP contribution in [0, 0.1) is 5.82 Å². The Hall–Kier alpha value is -3.62. The van der Waals surface area contributed by atoms with E-state index in [9.17, 15) is 19.1 Å². The van der Waals surface area contributed by atoms with Gasteiger partial charge in [-0.15, -0.1) is 0 Å².